The second-order valence-electron chi connectivity index (χ2n) is 6.19. The van der Waals surface area contributed by atoms with Gasteiger partial charge in [-0.25, -0.2) is 17.4 Å². The third kappa shape index (κ3) is 2.47. The molecule has 2 aromatic heterocycles. The van der Waals surface area contributed by atoms with Crippen LogP contribution in [0.25, 0.3) is 11.0 Å². The topological polar surface area (TPSA) is 100 Å². The minimum absolute atomic E-state index is 0.00788. The molecule has 1 aromatic carbocycles. The van der Waals surface area contributed by atoms with Gasteiger partial charge in [-0.15, -0.1) is 0 Å². The summed E-state index contributed by atoms with van der Waals surface area (Å²) in [5, 5.41) is -0.00788. The highest BCUT2D eigenvalue weighted by Crippen LogP contribution is 2.39. The van der Waals surface area contributed by atoms with Gasteiger partial charge in [0, 0.05) is 29.5 Å². The minimum Gasteiger partial charge on any atom is -0.497 e. The van der Waals surface area contributed by atoms with Gasteiger partial charge in [-0.3, -0.25) is 9.19 Å². The van der Waals surface area contributed by atoms with E-state index in [1.54, 1.807) is 19.4 Å². The summed E-state index contributed by atoms with van der Waals surface area (Å²) >= 11 is 0. The Morgan fingerprint density at radius 1 is 1.19 bits per heavy atom. The molecule has 0 fully saturated rings. The van der Waals surface area contributed by atoms with Crippen LogP contribution in [0, 0.1) is 13.8 Å². The Morgan fingerprint density at radius 2 is 1.93 bits per heavy atom. The summed E-state index contributed by atoms with van der Waals surface area (Å²) in [5.41, 5.74) is 2.90. The second-order valence-corrected chi connectivity index (χ2v) is 9.29. The first-order valence-electron chi connectivity index (χ1n) is 8.03. The Labute approximate surface area is 158 Å². The molecule has 4 bridgehead atoms. The van der Waals surface area contributed by atoms with Crippen molar-refractivity contribution in [3.8, 4) is 11.5 Å². The Balaban J connectivity index is 1.80. The highest BCUT2D eigenvalue weighted by Gasteiger charge is 2.38. The third-order valence-corrected chi connectivity index (χ3v) is 7.65. The lowest BCUT2D eigenvalue weighted by Gasteiger charge is -2.12. The fraction of sp³-hybridized carbons (Fsp3) is 0.294. The van der Waals surface area contributed by atoms with E-state index in [1.165, 1.54) is 13.2 Å². The number of hydrogen-bond donors (Lipinski definition) is 0. The van der Waals surface area contributed by atoms with E-state index in [4.69, 9.17) is 9.47 Å². The molecule has 27 heavy (non-hydrogen) atoms. The SMILES string of the molecule is COc1cc2c3nc(S(=O)Cc4ncc(C)c(OC)c4C)n(c3c1)S2(=O)=O. The number of imidazole rings is 1. The van der Waals surface area contributed by atoms with Crippen LogP contribution < -0.4 is 9.47 Å². The Bertz CT molecular complexity index is 1230. The molecule has 3 heterocycles. The van der Waals surface area contributed by atoms with Gasteiger partial charge in [-0.2, -0.15) is 0 Å². The molecule has 0 N–H and O–H groups in total. The summed E-state index contributed by atoms with van der Waals surface area (Å²) in [6.45, 7) is 3.71. The second kappa shape index (κ2) is 6.03. The van der Waals surface area contributed by atoms with Gasteiger partial charge in [0.05, 0.1) is 42.0 Å². The molecule has 1 atom stereocenters. The van der Waals surface area contributed by atoms with Crippen molar-refractivity contribution in [2.45, 2.75) is 29.7 Å². The zero-order chi connectivity index (χ0) is 19.5. The van der Waals surface area contributed by atoms with E-state index in [-0.39, 0.29) is 15.8 Å². The van der Waals surface area contributed by atoms with E-state index in [0.717, 1.165) is 15.1 Å². The first kappa shape index (κ1) is 17.9. The number of aryl methyl sites for hydroxylation is 1. The van der Waals surface area contributed by atoms with Gasteiger partial charge >= 0.3 is 0 Å². The number of hydrogen-bond acceptors (Lipinski definition) is 7. The zero-order valence-corrected chi connectivity index (χ0v) is 16.8. The molecule has 10 heteroatoms. The lowest BCUT2D eigenvalue weighted by Crippen LogP contribution is -2.17. The summed E-state index contributed by atoms with van der Waals surface area (Å²) in [7, 11) is -2.48. The van der Waals surface area contributed by atoms with Crippen LogP contribution in [0.3, 0.4) is 0 Å². The van der Waals surface area contributed by atoms with E-state index in [9.17, 15) is 12.6 Å². The average Bonchev–Trinajstić information content (AvgIpc) is 3.07. The predicted octanol–water partition coefficient (Wildman–Crippen LogP) is 1.92. The maximum absolute atomic E-state index is 13.0. The number of aromatic nitrogens is 3. The van der Waals surface area contributed by atoms with E-state index < -0.39 is 20.8 Å². The number of benzene rings is 1. The maximum atomic E-state index is 13.0. The van der Waals surface area contributed by atoms with Gasteiger partial charge in [0.1, 0.15) is 21.9 Å². The monoisotopic (exact) mass is 407 g/mol. The molecule has 0 saturated carbocycles. The zero-order valence-electron chi connectivity index (χ0n) is 15.1. The summed E-state index contributed by atoms with van der Waals surface area (Å²) in [5.74, 6) is 1.13. The van der Waals surface area contributed by atoms with Crippen molar-refractivity contribution in [3.63, 3.8) is 0 Å². The number of nitrogens with zero attached hydrogens (tertiary/aromatic N) is 3. The van der Waals surface area contributed by atoms with Crippen molar-refractivity contribution < 1.29 is 22.1 Å². The maximum Gasteiger partial charge on any atom is 0.272 e. The molecule has 1 unspecified atom stereocenters. The van der Waals surface area contributed by atoms with Gasteiger partial charge in [-0.1, -0.05) is 0 Å². The number of pyridine rings is 1. The molecule has 4 rings (SSSR count). The van der Waals surface area contributed by atoms with Crippen molar-refractivity contribution >= 4 is 31.9 Å². The quantitative estimate of drug-likeness (QED) is 0.498. The van der Waals surface area contributed by atoms with Crippen LogP contribution in [0.2, 0.25) is 0 Å². The number of methoxy groups -OCH3 is 2. The van der Waals surface area contributed by atoms with Gasteiger partial charge < -0.3 is 9.47 Å². The van der Waals surface area contributed by atoms with Crippen molar-refractivity contribution in [1.82, 2.24) is 13.9 Å². The van der Waals surface area contributed by atoms with E-state index in [1.807, 2.05) is 13.8 Å². The summed E-state index contributed by atoms with van der Waals surface area (Å²) in [6.07, 6.45) is 1.65. The van der Waals surface area contributed by atoms with Crippen LogP contribution >= 0.6 is 0 Å². The van der Waals surface area contributed by atoms with Crippen LogP contribution in [0.1, 0.15) is 16.8 Å². The molecule has 0 amide bonds. The Kier molecular flexibility index (Phi) is 4.00. The van der Waals surface area contributed by atoms with Gasteiger partial charge in [0.2, 0.25) is 5.16 Å². The van der Waals surface area contributed by atoms with Crippen LogP contribution in [0.5, 0.6) is 11.5 Å². The van der Waals surface area contributed by atoms with E-state index in [2.05, 4.69) is 9.97 Å². The third-order valence-electron chi connectivity index (χ3n) is 4.60. The Morgan fingerprint density at radius 3 is 2.59 bits per heavy atom. The first-order chi connectivity index (χ1) is 12.8. The smallest absolute Gasteiger partial charge is 0.272 e. The lowest BCUT2D eigenvalue weighted by atomic mass is 10.1. The molecule has 1 aliphatic heterocycles. The molecule has 0 saturated heterocycles. The van der Waals surface area contributed by atoms with Crippen LogP contribution in [-0.2, 0) is 26.6 Å². The highest BCUT2D eigenvalue weighted by atomic mass is 32.2. The van der Waals surface area contributed by atoms with Crippen LogP contribution in [-0.4, -0.2) is 40.8 Å². The average molecular weight is 407 g/mol. The highest BCUT2D eigenvalue weighted by molar-refractivity contribution is 7.91. The fourth-order valence-electron chi connectivity index (χ4n) is 3.27. The summed E-state index contributed by atoms with van der Waals surface area (Å²) in [6, 6.07) is 3.00. The largest absolute Gasteiger partial charge is 0.497 e. The van der Waals surface area contributed by atoms with Crippen molar-refractivity contribution in [3.05, 3.63) is 35.2 Å². The van der Waals surface area contributed by atoms with Crippen molar-refractivity contribution in [1.29, 1.82) is 0 Å². The van der Waals surface area contributed by atoms with E-state index in [0.29, 0.717) is 28.2 Å². The van der Waals surface area contributed by atoms with Crippen LogP contribution in [0.4, 0.5) is 0 Å². The normalized spacial score (nSPS) is 15.4. The number of rotatable bonds is 5. The first-order valence-corrected chi connectivity index (χ1v) is 10.8. The molecule has 8 nitrogen and oxygen atoms in total. The molecule has 3 aromatic rings. The molecule has 0 aliphatic carbocycles. The fourth-order valence-corrected chi connectivity index (χ4v) is 6.46. The summed E-state index contributed by atoms with van der Waals surface area (Å²) < 4.78 is 50.0. The standard InChI is InChI=1S/C17H17N3O5S2/c1-9-7-18-12(10(2)16(9)25-4)8-26(21)17-19-15-13-5-11(24-3)6-14(15)27(22,23)20(13)17/h5-7H,8H2,1-4H3. The summed E-state index contributed by atoms with van der Waals surface area (Å²) in [4.78, 5) is 8.71. The molecular formula is C17H17N3O5S2. The van der Waals surface area contributed by atoms with Gasteiger partial charge in [0.25, 0.3) is 10.0 Å². The van der Waals surface area contributed by atoms with E-state index >= 15 is 0 Å². The molecule has 142 valence electrons. The Hall–Kier alpha value is -2.46. The van der Waals surface area contributed by atoms with Gasteiger partial charge in [-0.05, 0) is 13.8 Å². The van der Waals surface area contributed by atoms with Crippen molar-refractivity contribution in [2.24, 2.45) is 0 Å². The minimum atomic E-state index is -3.80. The molecular weight excluding hydrogens is 390 g/mol. The predicted molar refractivity (Wildman–Crippen MR) is 99.2 cm³/mol. The lowest BCUT2D eigenvalue weighted by molar-refractivity contribution is 0.407. The molecule has 1 aliphatic rings. The van der Waals surface area contributed by atoms with Crippen molar-refractivity contribution in [2.75, 3.05) is 14.2 Å². The molecule has 0 spiro atoms. The van der Waals surface area contributed by atoms with Gasteiger partial charge in [0.15, 0.2) is 0 Å². The number of ether oxygens (including phenoxy) is 2. The molecule has 0 radical (unpaired) electrons. The van der Waals surface area contributed by atoms with Crippen LogP contribution in [0.15, 0.2) is 28.4 Å².